The fourth-order valence-corrected chi connectivity index (χ4v) is 17.8. The van der Waals surface area contributed by atoms with Crippen molar-refractivity contribution in [2.75, 3.05) is 0 Å². The molecular formula is C28H42Cl2Si2Zr. The fraction of sp³-hybridized carbons (Fsp3) is 0.643. The van der Waals surface area contributed by atoms with Gasteiger partial charge in [0, 0.05) is 16.1 Å². The van der Waals surface area contributed by atoms with Gasteiger partial charge in [0.1, 0.15) is 0 Å². The second-order valence-electron chi connectivity index (χ2n) is 11.2. The van der Waals surface area contributed by atoms with Crippen molar-refractivity contribution < 1.29 is 51.0 Å². The first kappa shape index (κ1) is 30.1. The second-order valence-corrected chi connectivity index (χ2v) is 21.4. The summed E-state index contributed by atoms with van der Waals surface area (Å²) in [6.45, 7) is 4.91. The minimum atomic E-state index is -0.833. The van der Waals surface area contributed by atoms with Crippen LogP contribution in [0, 0.1) is 36.5 Å². The number of halogens is 2. The zero-order valence-corrected chi connectivity index (χ0v) is 26.5. The molecule has 0 aromatic carbocycles. The summed E-state index contributed by atoms with van der Waals surface area (Å²) in [6.07, 6.45) is 30.1. The van der Waals surface area contributed by atoms with Crippen LogP contribution in [-0.4, -0.2) is 16.1 Å². The third-order valence-electron chi connectivity index (χ3n) is 10.3. The topological polar surface area (TPSA) is 0 Å². The Labute approximate surface area is 237 Å². The molecule has 0 amide bonds. The van der Waals surface area contributed by atoms with Crippen molar-refractivity contribution in [3.63, 3.8) is 0 Å². The van der Waals surface area contributed by atoms with Gasteiger partial charge in [0.05, 0.1) is 0 Å². The van der Waals surface area contributed by atoms with Crippen LogP contribution in [0.5, 0.6) is 0 Å². The van der Waals surface area contributed by atoms with E-state index < -0.39 is 16.1 Å². The predicted molar refractivity (Wildman–Crippen MR) is 137 cm³/mol. The number of hydrogen-bond donors (Lipinski definition) is 0. The van der Waals surface area contributed by atoms with Crippen LogP contribution in [0.25, 0.3) is 0 Å². The Hall–Kier alpha value is 0.857. The Bertz CT molecular complexity index is 665. The molecule has 6 atom stereocenters. The number of fused-ring (bicyclic) bond motifs is 2. The van der Waals surface area contributed by atoms with Crippen LogP contribution in [0.1, 0.15) is 39.5 Å². The van der Waals surface area contributed by atoms with Gasteiger partial charge in [0.15, 0.2) is 0 Å². The molecule has 6 aliphatic rings. The first-order valence-electron chi connectivity index (χ1n) is 13.1. The summed E-state index contributed by atoms with van der Waals surface area (Å²) in [5.41, 5.74) is 2.03. The van der Waals surface area contributed by atoms with E-state index in [9.17, 15) is 0 Å². The normalized spacial score (nSPS) is 37.5. The minimum Gasteiger partial charge on any atom is -1.00 e. The van der Waals surface area contributed by atoms with Crippen LogP contribution < -0.4 is 24.8 Å². The molecule has 33 heavy (non-hydrogen) atoms. The average Bonchev–Trinajstić information content (AvgIpc) is 3.34. The molecular weight excluding hydrogens is 555 g/mol. The summed E-state index contributed by atoms with van der Waals surface area (Å²) in [5.74, 6) is 3.50. The van der Waals surface area contributed by atoms with E-state index in [4.69, 9.17) is 0 Å². The predicted octanol–water partition coefficient (Wildman–Crippen LogP) is 2.40. The van der Waals surface area contributed by atoms with Gasteiger partial charge >= 0.3 is 26.2 Å². The number of allylic oxidation sites excluding steroid dienone is 8. The molecule has 4 fully saturated rings. The standard InChI is InChI=1S/2C14H21Si.2ClH.Zr/c2*1-2-15(10-5-11-15)14-9-8-12-6-3-4-7-13(12)14;;;/h2*3-4,6-7,9,12-14H,2,5,8,10-11H2,1H3;2*1H;/q2*-1;;;+4/p-2. The zero-order valence-electron chi connectivity index (χ0n) is 20.6. The fourth-order valence-electron chi connectivity index (χ4n) is 7.93. The van der Waals surface area contributed by atoms with Crippen molar-refractivity contribution in [3.05, 3.63) is 61.4 Å². The van der Waals surface area contributed by atoms with Crippen molar-refractivity contribution in [2.24, 2.45) is 23.7 Å². The monoisotopic (exact) mass is 594 g/mol. The Morgan fingerprint density at radius 3 is 1.30 bits per heavy atom. The Morgan fingerprint density at radius 2 is 1.00 bits per heavy atom. The van der Waals surface area contributed by atoms with E-state index in [1.807, 2.05) is 0 Å². The van der Waals surface area contributed by atoms with Crippen LogP contribution in [0.15, 0.2) is 48.6 Å². The van der Waals surface area contributed by atoms with Crippen molar-refractivity contribution in [3.8, 4) is 0 Å². The van der Waals surface area contributed by atoms with E-state index in [0.29, 0.717) is 0 Å². The molecule has 2 aliphatic heterocycles. The van der Waals surface area contributed by atoms with Crippen molar-refractivity contribution in [2.45, 2.75) is 86.9 Å². The van der Waals surface area contributed by atoms with E-state index in [0.717, 1.165) is 34.8 Å². The molecule has 6 rings (SSSR count). The van der Waals surface area contributed by atoms with Crippen LogP contribution >= 0.6 is 0 Å². The van der Waals surface area contributed by atoms with Crippen molar-refractivity contribution in [1.29, 1.82) is 0 Å². The molecule has 0 bridgehead atoms. The van der Waals surface area contributed by atoms with Crippen molar-refractivity contribution >= 4 is 16.1 Å². The summed E-state index contributed by atoms with van der Waals surface area (Å²) in [5, 5.41) is 0. The van der Waals surface area contributed by atoms with Crippen LogP contribution in [0.4, 0.5) is 0 Å². The van der Waals surface area contributed by atoms with Crippen LogP contribution in [0.2, 0.25) is 47.3 Å². The van der Waals surface area contributed by atoms with Gasteiger partial charge in [-0.25, -0.2) is 0 Å². The summed E-state index contributed by atoms with van der Waals surface area (Å²) in [4.78, 5) is 0. The summed E-state index contributed by atoms with van der Waals surface area (Å²) >= 11 is 0. The third kappa shape index (κ3) is 5.58. The molecule has 0 aromatic rings. The largest absolute Gasteiger partial charge is 4.00 e. The maximum atomic E-state index is 2.70. The Balaban J connectivity index is 0.000000214. The number of hydrogen-bond acceptors (Lipinski definition) is 0. The molecule has 0 aromatic heterocycles. The zero-order chi connectivity index (χ0) is 20.6. The van der Waals surface area contributed by atoms with E-state index in [1.165, 1.54) is 37.8 Å². The van der Waals surface area contributed by atoms with E-state index in [-0.39, 0.29) is 51.0 Å². The van der Waals surface area contributed by atoms with Crippen LogP contribution in [-0.2, 0) is 26.2 Å². The minimum absolute atomic E-state index is 0. The first-order valence-corrected chi connectivity index (χ1v) is 18.5. The van der Waals surface area contributed by atoms with Gasteiger partial charge in [-0.1, -0.05) is 112 Å². The van der Waals surface area contributed by atoms with Gasteiger partial charge in [-0.3, -0.25) is 0 Å². The number of rotatable bonds is 4. The SMILES string of the molecule is CC[Si]1(C2[CH-]CC3C=CC=CC32)CCC1.CC[Si]1(C2[CH-]CC3C=CC=CC32)CCC1.[Cl-].[Cl-].[Zr+4]. The van der Waals surface area contributed by atoms with Gasteiger partial charge in [0.25, 0.3) is 0 Å². The molecule has 2 heterocycles. The summed E-state index contributed by atoms with van der Waals surface area (Å²) in [6, 6.07) is 9.51. The van der Waals surface area contributed by atoms with Gasteiger partial charge in [0.2, 0.25) is 0 Å². The third-order valence-corrected chi connectivity index (χ3v) is 22.6. The smallest absolute Gasteiger partial charge is 1.00 e. The Morgan fingerprint density at radius 1 is 0.636 bits per heavy atom. The summed E-state index contributed by atoms with van der Waals surface area (Å²) < 4.78 is 0. The molecule has 2 saturated heterocycles. The molecule has 5 heteroatoms. The maximum absolute atomic E-state index is 2.70. The van der Waals surface area contributed by atoms with Crippen LogP contribution in [0.3, 0.4) is 0 Å². The molecule has 0 spiro atoms. The molecule has 0 N–H and O–H groups in total. The van der Waals surface area contributed by atoms with Gasteiger partial charge in [-0.2, -0.15) is 23.9 Å². The van der Waals surface area contributed by atoms with Gasteiger partial charge in [-0.05, 0) is 23.7 Å². The maximum Gasteiger partial charge on any atom is 4.00 e. The van der Waals surface area contributed by atoms with Gasteiger partial charge in [-0.15, -0.1) is 0 Å². The van der Waals surface area contributed by atoms with Crippen molar-refractivity contribution in [1.82, 2.24) is 0 Å². The van der Waals surface area contributed by atoms with E-state index in [2.05, 4.69) is 75.3 Å². The molecule has 4 aliphatic carbocycles. The molecule has 2 saturated carbocycles. The van der Waals surface area contributed by atoms with E-state index in [1.54, 1.807) is 24.2 Å². The first-order chi connectivity index (χ1) is 14.7. The average molecular weight is 597 g/mol. The molecule has 6 unspecified atom stereocenters. The molecule has 0 radical (unpaired) electrons. The Kier molecular flexibility index (Phi) is 11.8. The summed E-state index contributed by atoms with van der Waals surface area (Å²) in [7, 11) is -1.67. The molecule has 180 valence electrons. The second kappa shape index (κ2) is 12.9. The quantitative estimate of drug-likeness (QED) is 0.346. The van der Waals surface area contributed by atoms with Gasteiger partial charge < -0.3 is 37.7 Å². The molecule has 0 nitrogen and oxygen atoms in total. The van der Waals surface area contributed by atoms with E-state index >= 15 is 0 Å².